The van der Waals surface area contributed by atoms with Crippen molar-refractivity contribution in [3.8, 4) is 0 Å². The maximum absolute atomic E-state index is 9.58. The van der Waals surface area contributed by atoms with Gasteiger partial charge in [0.25, 0.3) is 0 Å². The van der Waals surface area contributed by atoms with Crippen molar-refractivity contribution in [3.63, 3.8) is 0 Å². The summed E-state index contributed by atoms with van der Waals surface area (Å²) < 4.78 is 0. The van der Waals surface area contributed by atoms with Crippen LogP contribution in [0, 0.1) is 77.2 Å². The molecule has 0 aromatic rings. The molecule has 17 heteroatoms. The van der Waals surface area contributed by atoms with Gasteiger partial charge in [-0.15, -0.1) is 0 Å². The minimum absolute atomic E-state index is 0. The molecular formula is C12H12O15Tb2. The second-order valence-electron chi connectivity index (χ2n) is 4.23. The van der Waals surface area contributed by atoms with Crippen LogP contribution >= 0.6 is 0 Å². The molecule has 15 nitrogen and oxygen atoms in total. The third kappa shape index (κ3) is 32.2. The van der Waals surface area contributed by atoms with E-state index < -0.39 is 73.4 Å². The van der Waals surface area contributed by atoms with Gasteiger partial charge in [0, 0.05) is 37.2 Å². The first kappa shape index (κ1) is 38.8. The Morgan fingerprint density at radius 3 is 0.655 bits per heavy atom. The summed E-state index contributed by atoms with van der Waals surface area (Å²) in [6.07, 6.45) is -8.67. The van der Waals surface area contributed by atoms with E-state index in [-0.39, 0.29) is 77.2 Å². The minimum atomic E-state index is -1.96. The van der Waals surface area contributed by atoms with Gasteiger partial charge in [-0.3, -0.25) is 0 Å². The fraction of sp³-hybridized carbons (Fsp3) is 0.500. The molecule has 0 amide bonds. The zero-order valence-corrected chi connectivity index (χ0v) is 18.0. The molecule has 0 aliphatic heterocycles. The second-order valence-corrected chi connectivity index (χ2v) is 4.23. The quantitative estimate of drug-likeness (QED) is 0.200. The Bertz CT molecular complexity index is 473. The molecule has 0 aromatic heterocycles. The van der Waals surface area contributed by atoms with Gasteiger partial charge >= 0.3 is 77.2 Å². The first-order chi connectivity index (χ1) is 12.1. The number of carboxylic acid groups (broad SMARTS) is 6. The first-order valence-electron chi connectivity index (χ1n) is 6.38. The number of aliphatic hydroxyl groups excluding tert-OH is 3. The molecule has 3 N–H and O–H groups in total. The zero-order valence-electron chi connectivity index (χ0n) is 13.8. The van der Waals surface area contributed by atoms with E-state index in [1.54, 1.807) is 0 Å². The van der Waals surface area contributed by atoms with E-state index in [1.165, 1.54) is 0 Å². The number of hydrogen-bond acceptors (Lipinski definition) is 15. The summed E-state index contributed by atoms with van der Waals surface area (Å²) in [5, 5.41) is 82.0. The second kappa shape index (κ2) is 22.0. The van der Waals surface area contributed by atoms with Gasteiger partial charge in [-0.1, -0.05) is 0 Å². The Morgan fingerprint density at radius 2 is 0.621 bits per heavy atom. The maximum atomic E-state index is 9.58. The molecule has 0 fully saturated rings. The largest absolute Gasteiger partial charge is 3.00 e. The van der Waals surface area contributed by atoms with Gasteiger partial charge in [0.1, 0.15) is 0 Å². The molecule has 0 bridgehead atoms. The van der Waals surface area contributed by atoms with E-state index in [1.807, 2.05) is 0 Å². The fourth-order valence-corrected chi connectivity index (χ4v) is 0.724. The maximum Gasteiger partial charge on any atom is 3.00 e. The van der Waals surface area contributed by atoms with Crippen LogP contribution in [0.4, 0.5) is 0 Å². The molecule has 3 unspecified atom stereocenters. The predicted molar refractivity (Wildman–Crippen MR) is 61.9 cm³/mol. The summed E-state index contributed by atoms with van der Waals surface area (Å²) >= 11 is 0. The fourth-order valence-electron chi connectivity index (χ4n) is 0.724. The summed E-state index contributed by atoms with van der Waals surface area (Å²) in [6.45, 7) is 0. The van der Waals surface area contributed by atoms with Gasteiger partial charge in [-0.25, -0.2) is 0 Å². The molecule has 0 radical (unpaired) electrons. The van der Waals surface area contributed by atoms with Crippen molar-refractivity contribution >= 4 is 35.8 Å². The number of carbonyl (C=O) groups excluding carboxylic acids is 6. The van der Waals surface area contributed by atoms with E-state index in [2.05, 4.69) is 0 Å². The van der Waals surface area contributed by atoms with E-state index in [0.717, 1.165) is 0 Å². The van der Waals surface area contributed by atoms with Gasteiger partial charge in [0.15, 0.2) is 0 Å². The Morgan fingerprint density at radius 1 is 0.483 bits per heavy atom. The molecule has 0 aliphatic rings. The molecule has 0 rings (SSSR count). The van der Waals surface area contributed by atoms with Crippen LogP contribution in [-0.2, 0) is 28.8 Å². The average molecular weight is 714 g/mol. The molecule has 168 valence electrons. The van der Waals surface area contributed by atoms with Crippen molar-refractivity contribution in [3.05, 3.63) is 0 Å². The Kier molecular flexibility index (Phi) is 29.4. The molecule has 0 saturated carbocycles. The van der Waals surface area contributed by atoms with Crippen molar-refractivity contribution < 1.29 is 152 Å². The van der Waals surface area contributed by atoms with Gasteiger partial charge in [-0.2, -0.15) is 0 Å². The van der Waals surface area contributed by atoms with Crippen LogP contribution in [0.1, 0.15) is 19.3 Å². The molecule has 0 heterocycles. The van der Waals surface area contributed by atoms with Crippen LogP contribution in [-0.4, -0.2) is 69.4 Å². The van der Waals surface area contributed by atoms with Gasteiger partial charge in [-0.05, 0) is 0 Å². The number of carbonyl (C=O) groups is 6. The smallest absolute Gasteiger partial charge is 0.550 e. The summed E-state index contributed by atoms with van der Waals surface area (Å²) in [5.41, 5.74) is 0. The Hall–Kier alpha value is -0.729. The SMILES string of the molecule is O=C([O-])CC(O)C(=O)[O-].O=C([O-])CC(O)C(=O)[O-].O=C([O-])CC(O)C(=O)[O-].[Tb+3].[Tb+3]. The third-order valence-corrected chi connectivity index (χ3v) is 1.90. The molecule has 3 atom stereocenters. The van der Waals surface area contributed by atoms with Crippen molar-refractivity contribution in [2.45, 2.75) is 37.6 Å². The van der Waals surface area contributed by atoms with Crippen LogP contribution < -0.4 is 30.6 Å². The average Bonchev–Trinajstić information content (AvgIpc) is 2.46. The van der Waals surface area contributed by atoms with Crippen molar-refractivity contribution in [2.75, 3.05) is 0 Å². The van der Waals surface area contributed by atoms with Crippen LogP contribution in [0.2, 0.25) is 0 Å². The van der Waals surface area contributed by atoms with Gasteiger partial charge in [0.2, 0.25) is 0 Å². The molecule has 29 heavy (non-hydrogen) atoms. The van der Waals surface area contributed by atoms with Gasteiger partial charge < -0.3 is 74.7 Å². The number of carboxylic acids is 6. The monoisotopic (exact) mass is 714 g/mol. The Balaban J connectivity index is -0.0000000960. The number of hydrogen-bond donors (Lipinski definition) is 3. The third-order valence-electron chi connectivity index (χ3n) is 1.90. The standard InChI is InChI=1S/3C4H6O5.2Tb/c3*5-2(4(8)9)1-3(6)7;;/h3*2,5H,1H2,(H,6,7)(H,8,9);;/q;;;2*+3/p-6. The Labute approximate surface area is 223 Å². The van der Waals surface area contributed by atoms with Crippen LogP contribution in [0.25, 0.3) is 0 Å². The van der Waals surface area contributed by atoms with Crippen molar-refractivity contribution in [1.82, 2.24) is 0 Å². The predicted octanol–water partition coefficient (Wildman–Crippen LogP) is -11.3. The summed E-state index contributed by atoms with van der Waals surface area (Å²) in [4.78, 5) is 57.4. The molecular weight excluding hydrogens is 702 g/mol. The van der Waals surface area contributed by atoms with Crippen molar-refractivity contribution in [1.29, 1.82) is 0 Å². The van der Waals surface area contributed by atoms with Crippen LogP contribution in [0.5, 0.6) is 0 Å². The van der Waals surface area contributed by atoms with Crippen LogP contribution in [0.3, 0.4) is 0 Å². The summed E-state index contributed by atoms with van der Waals surface area (Å²) in [6, 6.07) is 0. The van der Waals surface area contributed by atoms with E-state index in [4.69, 9.17) is 15.3 Å². The van der Waals surface area contributed by atoms with E-state index in [9.17, 15) is 59.4 Å². The zero-order chi connectivity index (χ0) is 22.3. The number of aliphatic hydroxyl groups is 3. The summed E-state index contributed by atoms with van der Waals surface area (Å²) in [5.74, 6) is -10.3. The molecule has 0 saturated heterocycles. The minimum Gasteiger partial charge on any atom is -0.550 e. The van der Waals surface area contributed by atoms with Gasteiger partial charge in [0.05, 0.1) is 36.2 Å². The number of rotatable bonds is 9. The topological polar surface area (TPSA) is 301 Å². The first-order valence-corrected chi connectivity index (χ1v) is 6.38. The number of aliphatic carboxylic acids is 6. The molecule has 0 aliphatic carbocycles. The molecule has 0 spiro atoms. The normalized spacial score (nSPS) is 11.7. The van der Waals surface area contributed by atoms with Crippen LogP contribution in [0.15, 0.2) is 0 Å². The summed E-state index contributed by atoms with van der Waals surface area (Å²) in [7, 11) is 0. The molecule has 0 aromatic carbocycles. The van der Waals surface area contributed by atoms with E-state index >= 15 is 0 Å². The van der Waals surface area contributed by atoms with Crippen molar-refractivity contribution in [2.24, 2.45) is 0 Å². The van der Waals surface area contributed by atoms with E-state index in [0.29, 0.717) is 0 Å².